The SMILES string of the molecule is Cc1c(-c2c3[c-]cccc3cc[n+]2C)[c-]cc2c1ccc1ccccc12.[Y]. The van der Waals surface area contributed by atoms with Crippen LogP contribution in [0, 0.1) is 19.1 Å². The molecule has 0 spiro atoms. The molecule has 0 saturated heterocycles. The Hall–Kier alpha value is -2.09. The molecule has 0 bridgehead atoms. The standard InChI is InChI=1S/C25H18N.Y/c1-17-20-12-11-18-7-3-5-9-22(18)24(20)14-13-21(17)25-23-10-6-4-8-19(23)15-16-26(25)2;/h3-9,11-12,14-16H,1-2H3;/q-1;. The molecule has 4 aromatic carbocycles. The van der Waals surface area contributed by atoms with Crippen molar-refractivity contribution in [3.8, 4) is 11.3 Å². The van der Waals surface area contributed by atoms with Crippen molar-refractivity contribution in [3.63, 3.8) is 0 Å². The molecule has 0 atom stereocenters. The van der Waals surface area contributed by atoms with Gasteiger partial charge in [0.2, 0.25) is 0 Å². The van der Waals surface area contributed by atoms with Gasteiger partial charge in [0, 0.05) is 32.7 Å². The van der Waals surface area contributed by atoms with Crippen LogP contribution < -0.4 is 4.57 Å². The number of aryl methyl sites for hydroxylation is 2. The number of pyridine rings is 1. The van der Waals surface area contributed by atoms with Crippen molar-refractivity contribution in [2.45, 2.75) is 6.92 Å². The van der Waals surface area contributed by atoms with Crippen molar-refractivity contribution in [1.82, 2.24) is 0 Å². The smallest absolute Gasteiger partial charge is 0.151 e. The van der Waals surface area contributed by atoms with Gasteiger partial charge < -0.3 is 0 Å². The molecule has 0 unspecified atom stereocenters. The van der Waals surface area contributed by atoms with E-state index in [1.807, 2.05) is 12.1 Å². The second-order valence-electron chi connectivity index (χ2n) is 6.81. The van der Waals surface area contributed by atoms with Crippen LogP contribution in [-0.4, -0.2) is 0 Å². The van der Waals surface area contributed by atoms with Gasteiger partial charge in [-0.2, -0.15) is 0 Å². The normalized spacial score (nSPS) is 11.0. The van der Waals surface area contributed by atoms with Gasteiger partial charge in [-0.05, 0) is 11.5 Å². The minimum atomic E-state index is 0. The maximum absolute atomic E-state index is 3.58. The molecule has 1 radical (unpaired) electrons. The number of hydrogen-bond donors (Lipinski definition) is 0. The summed E-state index contributed by atoms with van der Waals surface area (Å²) in [4.78, 5) is 0. The molecule has 1 nitrogen and oxygen atoms in total. The molecule has 0 aliphatic carbocycles. The second kappa shape index (κ2) is 7.15. The van der Waals surface area contributed by atoms with Crippen molar-refractivity contribution in [3.05, 3.63) is 90.6 Å². The van der Waals surface area contributed by atoms with Gasteiger partial charge in [0.15, 0.2) is 6.20 Å². The molecule has 0 fully saturated rings. The summed E-state index contributed by atoms with van der Waals surface area (Å²) >= 11 is 0. The number of benzene rings is 4. The Balaban J connectivity index is 0.00000180. The van der Waals surface area contributed by atoms with Gasteiger partial charge in [-0.3, -0.25) is 0 Å². The van der Waals surface area contributed by atoms with Crippen molar-refractivity contribution >= 4 is 32.3 Å². The number of rotatable bonds is 1. The Morgan fingerprint density at radius 1 is 0.778 bits per heavy atom. The van der Waals surface area contributed by atoms with Crippen molar-refractivity contribution in [2.24, 2.45) is 7.05 Å². The van der Waals surface area contributed by atoms with Crippen LogP contribution in [0.3, 0.4) is 0 Å². The molecule has 1 heterocycles. The van der Waals surface area contributed by atoms with Crippen molar-refractivity contribution < 1.29 is 37.3 Å². The fraction of sp³-hybridized carbons (Fsp3) is 0.0800. The monoisotopic (exact) mass is 421 g/mol. The Bertz CT molecular complexity index is 1300. The van der Waals surface area contributed by atoms with E-state index in [4.69, 9.17) is 0 Å². The summed E-state index contributed by atoms with van der Waals surface area (Å²) in [6.07, 6.45) is 2.11. The molecule has 0 aliphatic rings. The third-order valence-corrected chi connectivity index (χ3v) is 5.30. The molecular weight excluding hydrogens is 403 g/mol. The van der Waals surface area contributed by atoms with E-state index < -0.39 is 0 Å². The van der Waals surface area contributed by atoms with Gasteiger partial charge in [0.05, 0.1) is 0 Å². The molecule has 2 heteroatoms. The molecule has 0 amide bonds. The molecule has 127 valence electrons. The summed E-state index contributed by atoms with van der Waals surface area (Å²) in [5, 5.41) is 7.43. The minimum absolute atomic E-state index is 0. The van der Waals surface area contributed by atoms with Gasteiger partial charge >= 0.3 is 0 Å². The van der Waals surface area contributed by atoms with Crippen LogP contribution in [0.4, 0.5) is 0 Å². The Kier molecular flexibility index (Phi) is 4.84. The van der Waals surface area contributed by atoms with Crippen LogP contribution in [-0.2, 0) is 39.8 Å². The molecule has 0 saturated carbocycles. The Morgan fingerprint density at radius 2 is 1.59 bits per heavy atom. The van der Waals surface area contributed by atoms with Crippen LogP contribution in [0.25, 0.3) is 43.6 Å². The van der Waals surface area contributed by atoms with E-state index in [1.54, 1.807) is 0 Å². The van der Waals surface area contributed by atoms with E-state index in [2.05, 4.69) is 91.5 Å². The third-order valence-electron chi connectivity index (χ3n) is 5.30. The first-order chi connectivity index (χ1) is 12.7. The first-order valence-electron chi connectivity index (χ1n) is 8.86. The fourth-order valence-electron chi connectivity index (χ4n) is 3.95. The summed E-state index contributed by atoms with van der Waals surface area (Å²) in [5.41, 5.74) is 3.56. The summed E-state index contributed by atoms with van der Waals surface area (Å²) in [6, 6.07) is 30.4. The van der Waals surface area contributed by atoms with Gasteiger partial charge in [0.1, 0.15) is 12.7 Å². The van der Waals surface area contributed by atoms with Crippen molar-refractivity contribution in [2.75, 3.05) is 0 Å². The van der Waals surface area contributed by atoms with Gasteiger partial charge in [0.25, 0.3) is 0 Å². The van der Waals surface area contributed by atoms with E-state index >= 15 is 0 Å². The summed E-state index contributed by atoms with van der Waals surface area (Å²) in [5.74, 6) is 0. The molecular formula is C25H18NY-. The number of hydrogen-bond acceptors (Lipinski definition) is 0. The van der Waals surface area contributed by atoms with Crippen LogP contribution in [0.5, 0.6) is 0 Å². The van der Waals surface area contributed by atoms with Crippen LogP contribution in [0.1, 0.15) is 5.56 Å². The summed E-state index contributed by atoms with van der Waals surface area (Å²) in [6.45, 7) is 2.20. The number of nitrogens with zero attached hydrogens (tertiary/aromatic N) is 1. The van der Waals surface area contributed by atoms with Crippen LogP contribution in [0.15, 0.2) is 72.9 Å². The fourth-order valence-corrected chi connectivity index (χ4v) is 3.95. The molecule has 0 aliphatic heterocycles. The first-order valence-corrected chi connectivity index (χ1v) is 8.86. The molecule has 0 N–H and O–H groups in total. The maximum Gasteiger partial charge on any atom is 0.151 e. The number of aromatic nitrogens is 1. The Labute approximate surface area is 184 Å². The van der Waals surface area contributed by atoms with E-state index in [-0.39, 0.29) is 32.7 Å². The van der Waals surface area contributed by atoms with Gasteiger partial charge in [-0.25, -0.2) is 4.57 Å². The topological polar surface area (TPSA) is 3.88 Å². The average molecular weight is 421 g/mol. The first kappa shape index (κ1) is 18.3. The quantitative estimate of drug-likeness (QED) is 0.190. The zero-order chi connectivity index (χ0) is 17.7. The molecule has 1 aromatic heterocycles. The second-order valence-corrected chi connectivity index (χ2v) is 6.81. The number of fused-ring (bicyclic) bond motifs is 4. The zero-order valence-electron chi connectivity index (χ0n) is 15.5. The molecule has 27 heavy (non-hydrogen) atoms. The molecule has 5 rings (SSSR count). The Morgan fingerprint density at radius 3 is 2.48 bits per heavy atom. The van der Waals surface area contributed by atoms with Crippen LogP contribution >= 0.6 is 0 Å². The zero-order valence-corrected chi connectivity index (χ0v) is 18.3. The third kappa shape index (κ3) is 2.90. The average Bonchev–Trinajstić information content (AvgIpc) is 2.69. The molecule has 5 aromatic rings. The van der Waals surface area contributed by atoms with E-state index in [9.17, 15) is 0 Å². The predicted octanol–water partition coefficient (Wildman–Crippen LogP) is 5.54. The van der Waals surface area contributed by atoms with Gasteiger partial charge in [-0.1, -0.05) is 75.8 Å². The predicted molar refractivity (Wildman–Crippen MR) is 108 cm³/mol. The van der Waals surface area contributed by atoms with E-state index in [1.165, 1.54) is 32.5 Å². The van der Waals surface area contributed by atoms with Crippen LogP contribution in [0.2, 0.25) is 0 Å². The summed E-state index contributed by atoms with van der Waals surface area (Å²) < 4.78 is 2.17. The van der Waals surface area contributed by atoms with Crippen molar-refractivity contribution in [1.29, 1.82) is 0 Å². The largest absolute Gasteiger partial charge is 0.243 e. The maximum atomic E-state index is 3.58. The minimum Gasteiger partial charge on any atom is -0.243 e. The van der Waals surface area contributed by atoms with Gasteiger partial charge in [-0.15, -0.1) is 42.0 Å². The van der Waals surface area contributed by atoms with E-state index in [0.29, 0.717) is 0 Å². The summed E-state index contributed by atoms with van der Waals surface area (Å²) in [7, 11) is 2.09. The van der Waals surface area contributed by atoms with E-state index in [0.717, 1.165) is 16.6 Å².